The summed E-state index contributed by atoms with van der Waals surface area (Å²) in [5, 5.41) is 3.86. The van der Waals surface area contributed by atoms with E-state index in [2.05, 4.69) is 24.1 Å². The second-order valence-electron chi connectivity index (χ2n) is 6.55. The van der Waals surface area contributed by atoms with E-state index in [1.807, 2.05) is 0 Å². The van der Waals surface area contributed by atoms with E-state index < -0.39 is 0 Å². The van der Waals surface area contributed by atoms with Crippen LogP contribution in [0.1, 0.15) is 58.8 Å². The molecular weight excluding hydrogens is 248 g/mol. The Morgan fingerprint density at radius 2 is 1.95 bits per heavy atom. The van der Waals surface area contributed by atoms with Gasteiger partial charge >= 0.3 is 0 Å². The Balaban J connectivity index is 1.84. The molecule has 1 aliphatic carbocycles. The minimum absolute atomic E-state index is 0.722. The van der Waals surface area contributed by atoms with Crippen LogP contribution >= 0.6 is 0 Å². The van der Waals surface area contributed by atoms with Crippen molar-refractivity contribution < 1.29 is 4.74 Å². The van der Waals surface area contributed by atoms with Crippen molar-refractivity contribution in [2.75, 3.05) is 32.8 Å². The molecule has 0 aromatic carbocycles. The maximum absolute atomic E-state index is 5.58. The summed E-state index contributed by atoms with van der Waals surface area (Å²) in [6.07, 6.45) is 9.82. The molecule has 0 aromatic rings. The molecule has 0 radical (unpaired) electrons. The predicted molar refractivity (Wildman–Crippen MR) is 85.1 cm³/mol. The van der Waals surface area contributed by atoms with Crippen LogP contribution in [-0.2, 0) is 4.74 Å². The normalized spacial score (nSPS) is 29.7. The number of ether oxygens (including phenoxy) is 1. The first kappa shape index (κ1) is 16.3. The Morgan fingerprint density at radius 3 is 2.65 bits per heavy atom. The summed E-state index contributed by atoms with van der Waals surface area (Å²) < 4.78 is 5.58. The lowest BCUT2D eigenvalue weighted by molar-refractivity contribution is 0.0525. The van der Waals surface area contributed by atoms with Gasteiger partial charge in [0.1, 0.15) is 0 Å². The third-order valence-electron chi connectivity index (χ3n) is 5.13. The first-order chi connectivity index (χ1) is 9.85. The van der Waals surface area contributed by atoms with Crippen LogP contribution in [0.5, 0.6) is 0 Å². The molecule has 3 nitrogen and oxygen atoms in total. The van der Waals surface area contributed by atoms with Crippen molar-refractivity contribution in [2.45, 2.75) is 70.9 Å². The average molecular weight is 282 g/mol. The van der Waals surface area contributed by atoms with Gasteiger partial charge in [0, 0.05) is 38.3 Å². The summed E-state index contributed by atoms with van der Waals surface area (Å²) >= 11 is 0. The second kappa shape index (κ2) is 9.01. The highest BCUT2D eigenvalue weighted by atomic mass is 16.5. The Morgan fingerprint density at radius 1 is 1.15 bits per heavy atom. The molecule has 2 unspecified atom stereocenters. The third kappa shape index (κ3) is 4.71. The van der Waals surface area contributed by atoms with Gasteiger partial charge in [-0.05, 0) is 32.1 Å². The number of rotatable bonds is 7. The highest BCUT2D eigenvalue weighted by Crippen LogP contribution is 2.28. The van der Waals surface area contributed by atoms with E-state index >= 15 is 0 Å². The van der Waals surface area contributed by atoms with Gasteiger partial charge in [0.05, 0.1) is 6.61 Å². The molecule has 0 amide bonds. The van der Waals surface area contributed by atoms with Crippen molar-refractivity contribution in [3.8, 4) is 0 Å². The fourth-order valence-corrected chi connectivity index (χ4v) is 3.95. The summed E-state index contributed by atoms with van der Waals surface area (Å²) in [5.74, 6) is 0.918. The number of nitrogens with zero attached hydrogens (tertiary/aromatic N) is 1. The lowest BCUT2D eigenvalue weighted by Gasteiger charge is -2.44. The van der Waals surface area contributed by atoms with E-state index in [0.29, 0.717) is 0 Å². The molecule has 2 rings (SSSR count). The van der Waals surface area contributed by atoms with Gasteiger partial charge in [0.25, 0.3) is 0 Å². The summed E-state index contributed by atoms with van der Waals surface area (Å²) in [6, 6.07) is 1.45. The summed E-state index contributed by atoms with van der Waals surface area (Å²) in [6.45, 7) is 9.66. The zero-order valence-corrected chi connectivity index (χ0v) is 13.6. The lowest BCUT2D eigenvalue weighted by atomic mass is 9.82. The molecule has 1 saturated carbocycles. The Labute approximate surface area is 125 Å². The number of nitrogens with one attached hydrogen (secondary N) is 1. The van der Waals surface area contributed by atoms with Crippen LogP contribution < -0.4 is 5.32 Å². The zero-order chi connectivity index (χ0) is 14.2. The van der Waals surface area contributed by atoms with E-state index in [4.69, 9.17) is 4.74 Å². The topological polar surface area (TPSA) is 24.5 Å². The molecule has 118 valence electrons. The van der Waals surface area contributed by atoms with Crippen molar-refractivity contribution in [3.05, 3.63) is 0 Å². The molecule has 1 N–H and O–H groups in total. The fourth-order valence-electron chi connectivity index (χ4n) is 3.95. The molecular formula is C17H34N2O. The number of piperazine rings is 1. The maximum atomic E-state index is 5.58. The van der Waals surface area contributed by atoms with Crippen LogP contribution in [-0.4, -0.2) is 49.8 Å². The van der Waals surface area contributed by atoms with E-state index in [1.54, 1.807) is 0 Å². The number of hydrogen-bond acceptors (Lipinski definition) is 3. The van der Waals surface area contributed by atoms with Crippen LogP contribution in [0.15, 0.2) is 0 Å². The van der Waals surface area contributed by atoms with Crippen molar-refractivity contribution in [3.63, 3.8) is 0 Å². The van der Waals surface area contributed by atoms with Crippen molar-refractivity contribution in [1.82, 2.24) is 10.2 Å². The average Bonchev–Trinajstić information content (AvgIpc) is 2.50. The lowest BCUT2D eigenvalue weighted by Crippen LogP contribution is -2.59. The van der Waals surface area contributed by atoms with Crippen LogP contribution in [0, 0.1) is 5.92 Å². The van der Waals surface area contributed by atoms with Crippen LogP contribution in [0.3, 0.4) is 0 Å². The van der Waals surface area contributed by atoms with E-state index in [-0.39, 0.29) is 0 Å². The van der Waals surface area contributed by atoms with Gasteiger partial charge in [-0.15, -0.1) is 0 Å². The summed E-state index contributed by atoms with van der Waals surface area (Å²) in [5.41, 5.74) is 0. The largest absolute Gasteiger partial charge is 0.380 e. The van der Waals surface area contributed by atoms with Crippen molar-refractivity contribution in [1.29, 1.82) is 0 Å². The second-order valence-corrected chi connectivity index (χ2v) is 6.55. The Bertz CT molecular complexity index is 253. The molecule has 3 heteroatoms. The SMILES string of the molecule is CCCC1CNC(C2CCCCC2)CN1CCOCC. The van der Waals surface area contributed by atoms with E-state index in [1.165, 1.54) is 58.0 Å². The van der Waals surface area contributed by atoms with Gasteiger partial charge in [-0.3, -0.25) is 4.90 Å². The van der Waals surface area contributed by atoms with Crippen molar-refractivity contribution >= 4 is 0 Å². The Hall–Kier alpha value is -0.120. The molecule has 2 aliphatic rings. The third-order valence-corrected chi connectivity index (χ3v) is 5.13. The highest BCUT2D eigenvalue weighted by molar-refractivity contribution is 4.90. The van der Waals surface area contributed by atoms with Gasteiger partial charge in [-0.25, -0.2) is 0 Å². The monoisotopic (exact) mass is 282 g/mol. The van der Waals surface area contributed by atoms with Crippen molar-refractivity contribution in [2.24, 2.45) is 5.92 Å². The van der Waals surface area contributed by atoms with Crippen LogP contribution in [0.25, 0.3) is 0 Å². The Kier molecular flexibility index (Phi) is 7.32. The van der Waals surface area contributed by atoms with Gasteiger partial charge in [0.15, 0.2) is 0 Å². The van der Waals surface area contributed by atoms with Gasteiger partial charge in [-0.1, -0.05) is 32.6 Å². The quantitative estimate of drug-likeness (QED) is 0.726. The number of hydrogen-bond donors (Lipinski definition) is 1. The minimum Gasteiger partial charge on any atom is -0.380 e. The zero-order valence-electron chi connectivity index (χ0n) is 13.6. The molecule has 2 atom stereocenters. The fraction of sp³-hybridized carbons (Fsp3) is 1.00. The minimum atomic E-state index is 0.722. The highest BCUT2D eigenvalue weighted by Gasteiger charge is 2.32. The van der Waals surface area contributed by atoms with Crippen LogP contribution in [0.2, 0.25) is 0 Å². The first-order valence-electron chi connectivity index (χ1n) is 8.90. The first-order valence-corrected chi connectivity index (χ1v) is 8.90. The smallest absolute Gasteiger partial charge is 0.0593 e. The molecule has 1 aliphatic heterocycles. The molecule has 20 heavy (non-hydrogen) atoms. The van der Waals surface area contributed by atoms with E-state index in [9.17, 15) is 0 Å². The van der Waals surface area contributed by atoms with E-state index in [0.717, 1.165) is 37.8 Å². The molecule has 1 saturated heterocycles. The summed E-state index contributed by atoms with van der Waals surface area (Å²) in [4.78, 5) is 2.70. The molecule has 1 heterocycles. The van der Waals surface area contributed by atoms with Gasteiger partial charge < -0.3 is 10.1 Å². The summed E-state index contributed by atoms with van der Waals surface area (Å²) in [7, 11) is 0. The van der Waals surface area contributed by atoms with Gasteiger partial charge in [-0.2, -0.15) is 0 Å². The maximum Gasteiger partial charge on any atom is 0.0593 e. The van der Waals surface area contributed by atoms with Gasteiger partial charge in [0.2, 0.25) is 0 Å². The van der Waals surface area contributed by atoms with Crippen LogP contribution in [0.4, 0.5) is 0 Å². The standard InChI is InChI=1S/C17H34N2O/c1-3-8-16-13-18-17(15-9-6-5-7-10-15)14-19(16)11-12-20-4-2/h15-18H,3-14H2,1-2H3. The molecule has 0 bridgehead atoms. The molecule has 2 fully saturated rings. The predicted octanol–water partition coefficient (Wildman–Crippen LogP) is 3.05. The molecule has 0 aromatic heterocycles. The molecule has 0 spiro atoms.